The number of sulfonamides is 1. The smallest absolute Gasteiger partial charge is 0.250 e. The first-order valence-electron chi connectivity index (χ1n) is 9.19. The predicted octanol–water partition coefficient (Wildman–Crippen LogP) is 2.83. The first kappa shape index (κ1) is 21.9. The van der Waals surface area contributed by atoms with Crippen LogP contribution in [0.1, 0.15) is 19.4 Å². The van der Waals surface area contributed by atoms with Crippen molar-refractivity contribution in [3.8, 4) is 11.5 Å². The van der Waals surface area contributed by atoms with Crippen molar-refractivity contribution < 1.29 is 22.7 Å². The number of rotatable bonds is 8. The average molecular weight is 459 g/mol. The Balaban J connectivity index is 1.60. The number of hydrogen-bond acceptors (Lipinski definition) is 6. The Kier molecular flexibility index (Phi) is 7.05. The number of hydrogen-bond donors (Lipinski definition) is 2. The third-order valence-electron chi connectivity index (χ3n) is 4.36. The van der Waals surface area contributed by atoms with E-state index in [1.807, 2.05) is 6.07 Å². The molecule has 0 aliphatic carbocycles. The predicted molar refractivity (Wildman–Crippen MR) is 112 cm³/mol. The molecule has 0 bridgehead atoms. The van der Waals surface area contributed by atoms with Crippen LogP contribution in [0.25, 0.3) is 0 Å². The Hall–Kier alpha value is -1.81. The van der Waals surface area contributed by atoms with Gasteiger partial charge in [0.2, 0.25) is 5.91 Å². The molecule has 1 aromatic heterocycles. The molecular weight excluding hydrogens is 436 g/mol. The van der Waals surface area contributed by atoms with Gasteiger partial charge < -0.3 is 14.8 Å². The minimum absolute atomic E-state index is 0.182. The number of benzene rings is 1. The molecule has 0 spiro atoms. The zero-order valence-electron chi connectivity index (χ0n) is 16.1. The summed E-state index contributed by atoms with van der Waals surface area (Å²) in [6.07, 6.45) is 0.518. The van der Waals surface area contributed by atoms with Crippen molar-refractivity contribution in [1.82, 2.24) is 10.0 Å². The maximum absolute atomic E-state index is 12.6. The summed E-state index contributed by atoms with van der Waals surface area (Å²) < 4.78 is 38.7. The van der Waals surface area contributed by atoms with Crippen LogP contribution in [0, 0.1) is 5.92 Å². The van der Waals surface area contributed by atoms with E-state index in [1.165, 1.54) is 6.07 Å². The molecule has 2 heterocycles. The Morgan fingerprint density at radius 2 is 2.03 bits per heavy atom. The van der Waals surface area contributed by atoms with Crippen LogP contribution >= 0.6 is 22.9 Å². The highest BCUT2D eigenvalue weighted by atomic mass is 35.5. The number of thiophene rings is 1. The van der Waals surface area contributed by atoms with Crippen LogP contribution in [0.2, 0.25) is 5.02 Å². The first-order valence-corrected chi connectivity index (χ1v) is 11.9. The minimum Gasteiger partial charge on any atom is -0.486 e. The van der Waals surface area contributed by atoms with Gasteiger partial charge in [0.15, 0.2) is 11.5 Å². The van der Waals surface area contributed by atoms with Gasteiger partial charge in [-0.2, -0.15) is 4.72 Å². The number of carbonyl (C=O) groups is 1. The summed E-state index contributed by atoms with van der Waals surface area (Å²) in [6.45, 7) is 4.84. The van der Waals surface area contributed by atoms with Gasteiger partial charge in [-0.15, -0.1) is 11.3 Å². The molecule has 1 atom stereocenters. The van der Waals surface area contributed by atoms with Gasteiger partial charge >= 0.3 is 0 Å². The fourth-order valence-electron chi connectivity index (χ4n) is 2.88. The summed E-state index contributed by atoms with van der Waals surface area (Å²) >= 11 is 7.34. The van der Waals surface area contributed by atoms with E-state index in [-0.39, 0.29) is 16.0 Å². The highest BCUT2D eigenvalue weighted by Gasteiger charge is 2.28. The van der Waals surface area contributed by atoms with Gasteiger partial charge in [0, 0.05) is 6.54 Å². The third kappa shape index (κ3) is 5.42. The van der Waals surface area contributed by atoms with Gasteiger partial charge in [0.1, 0.15) is 23.5 Å². The minimum atomic E-state index is -3.74. The summed E-state index contributed by atoms with van der Waals surface area (Å²) in [5, 5.41) is 4.95. The largest absolute Gasteiger partial charge is 0.486 e. The molecule has 3 rings (SSSR count). The van der Waals surface area contributed by atoms with Crippen LogP contribution in [0.5, 0.6) is 11.5 Å². The SMILES string of the molecule is CC(C)C(NS(=O)(=O)c1cccs1)C(=O)NCCc1cc(Cl)c2c(c1)OCCO2. The molecule has 10 heteroatoms. The van der Waals surface area contributed by atoms with Crippen LogP contribution in [0.15, 0.2) is 33.9 Å². The van der Waals surface area contributed by atoms with Crippen molar-refractivity contribution in [2.75, 3.05) is 19.8 Å². The Morgan fingerprint density at radius 1 is 1.28 bits per heavy atom. The lowest BCUT2D eigenvalue weighted by Gasteiger charge is -2.22. The van der Waals surface area contributed by atoms with E-state index in [9.17, 15) is 13.2 Å². The molecule has 1 aliphatic heterocycles. The molecule has 0 saturated heterocycles. The Morgan fingerprint density at radius 3 is 2.72 bits per heavy atom. The number of carbonyl (C=O) groups excluding carboxylic acids is 1. The van der Waals surface area contributed by atoms with Gasteiger partial charge in [0.05, 0.1) is 5.02 Å². The molecule has 0 radical (unpaired) electrons. The molecule has 158 valence electrons. The molecular formula is C19H23ClN2O5S2. The van der Waals surface area contributed by atoms with Gasteiger partial charge in [-0.3, -0.25) is 4.79 Å². The van der Waals surface area contributed by atoms with Crippen molar-refractivity contribution in [2.45, 2.75) is 30.5 Å². The average Bonchev–Trinajstić information content (AvgIpc) is 3.22. The molecule has 1 aromatic carbocycles. The number of ether oxygens (including phenoxy) is 2. The monoisotopic (exact) mass is 458 g/mol. The van der Waals surface area contributed by atoms with E-state index in [2.05, 4.69) is 10.0 Å². The van der Waals surface area contributed by atoms with Crippen molar-refractivity contribution in [1.29, 1.82) is 0 Å². The molecule has 7 nitrogen and oxygen atoms in total. The van der Waals surface area contributed by atoms with E-state index >= 15 is 0 Å². The molecule has 1 aliphatic rings. The zero-order valence-corrected chi connectivity index (χ0v) is 18.5. The maximum atomic E-state index is 12.6. The quantitative estimate of drug-likeness (QED) is 0.634. The summed E-state index contributed by atoms with van der Waals surface area (Å²) in [5.74, 6) is 0.541. The van der Waals surface area contributed by atoms with Crippen molar-refractivity contribution in [3.05, 3.63) is 40.2 Å². The van der Waals surface area contributed by atoms with Crippen LogP contribution in [0.4, 0.5) is 0 Å². The highest BCUT2D eigenvalue weighted by Crippen LogP contribution is 2.38. The second-order valence-electron chi connectivity index (χ2n) is 6.92. The summed E-state index contributed by atoms with van der Waals surface area (Å²) in [7, 11) is -3.74. The van der Waals surface area contributed by atoms with Crippen LogP contribution in [-0.2, 0) is 21.2 Å². The topological polar surface area (TPSA) is 93.7 Å². The van der Waals surface area contributed by atoms with Crippen molar-refractivity contribution in [2.24, 2.45) is 5.92 Å². The number of amides is 1. The van der Waals surface area contributed by atoms with Crippen molar-refractivity contribution >= 4 is 38.9 Å². The summed E-state index contributed by atoms with van der Waals surface area (Å²) in [6, 6.07) is 5.91. The lowest BCUT2D eigenvalue weighted by atomic mass is 10.0. The van der Waals surface area contributed by atoms with Crippen LogP contribution < -0.4 is 19.5 Å². The molecule has 1 unspecified atom stereocenters. The van der Waals surface area contributed by atoms with E-state index < -0.39 is 16.1 Å². The molecule has 0 fully saturated rings. The summed E-state index contributed by atoms with van der Waals surface area (Å²) in [5.41, 5.74) is 0.889. The highest BCUT2D eigenvalue weighted by molar-refractivity contribution is 7.91. The standard InChI is InChI=1S/C19H23ClN2O5S2/c1-12(2)17(22-29(24,25)16-4-3-9-28-16)19(23)21-6-5-13-10-14(20)18-15(11-13)26-7-8-27-18/h3-4,9-12,17,22H,5-8H2,1-2H3,(H,21,23). The number of halogens is 1. The van der Waals surface area contributed by atoms with E-state index in [4.69, 9.17) is 21.1 Å². The lowest BCUT2D eigenvalue weighted by Crippen LogP contribution is -2.49. The number of fused-ring (bicyclic) bond motifs is 1. The van der Waals surface area contributed by atoms with Gasteiger partial charge in [-0.05, 0) is 41.5 Å². The lowest BCUT2D eigenvalue weighted by molar-refractivity contribution is -0.123. The second kappa shape index (κ2) is 9.34. The Bertz CT molecular complexity index is 961. The fourth-order valence-corrected chi connectivity index (χ4v) is 5.52. The molecule has 1 amide bonds. The summed E-state index contributed by atoms with van der Waals surface area (Å²) in [4.78, 5) is 12.6. The van der Waals surface area contributed by atoms with Gasteiger partial charge in [-0.25, -0.2) is 8.42 Å². The van der Waals surface area contributed by atoms with Crippen LogP contribution in [0.3, 0.4) is 0 Å². The Labute approximate surface area is 179 Å². The van der Waals surface area contributed by atoms with Crippen LogP contribution in [-0.4, -0.2) is 40.1 Å². The molecule has 2 aromatic rings. The van der Waals surface area contributed by atoms with Gasteiger partial charge in [-0.1, -0.05) is 31.5 Å². The third-order valence-corrected chi connectivity index (χ3v) is 7.48. The first-order chi connectivity index (χ1) is 13.8. The van der Waals surface area contributed by atoms with E-state index in [1.54, 1.807) is 31.4 Å². The second-order valence-corrected chi connectivity index (χ2v) is 10.2. The fraction of sp³-hybridized carbons (Fsp3) is 0.421. The zero-order chi connectivity index (χ0) is 21.0. The van der Waals surface area contributed by atoms with Crippen molar-refractivity contribution in [3.63, 3.8) is 0 Å². The van der Waals surface area contributed by atoms with Gasteiger partial charge in [0.25, 0.3) is 10.0 Å². The molecule has 0 saturated carbocycles. The van der Waals surface area contributed by atoms with E-state index in [0.717, 1.165) is 16.9 Å². The molecule has 29 heavy (non-hydrogen) atoms. The number of nitrogens with one attached hydrogen (secondary N) is 2. The molecule has 2 N–H and O–H groups in total. The van der Waals surface area contributed by atoms with E-state index in [0.29, 0.717) is 42.7 Å². The normalized spacial score (nSPS) is 14.6. The maximum Gasteiger partial charge on any atom is 0.250 e.